The van der Waals surface area contributed by atoms with Crippen molar-refractivity contribution < 1.29 is 9.53 Å². The molecule has 1 spiro atoms. The third-order valence-electron chi connectivity index (χ3n) is 6.55. The van der Waals surface area contributed by atoms with Crippen LogP contribution in [0.2, 0.25) is 5.15 Å². The molecule has 6 nitrogen and oxygen atoms in total. The molecule has 29 heavy (non-hydrogen) atoms. The molecule has 0 aliphatic carbocycles. The topological polar surface area (TPSA) is 58.6 Å². The summed E-state index contributed by atoms with van der Waals surface area (Å²) in [7, 11) is 0. The fourth-order valence-corrected chi connectivity index (χ4v) is 5.22. The maximum absolute atomic E-state index is 13.5. The van der Waals surface area contributed by atoms with Crippen LogP contribution in [-0.2, 0) is 9.53 Å². The van der Waals surface area contributed by atoms with E-state index in [1.165, 1.54) is 5.56 Å². The molecule has 0 bridgehead atoms. The highest BCUT2D eigenvalue weighted by atomic mass is 35.5. The third-order valence-corrected chi connectivity index (χ3v) is 6.91. The van der Waals surface area contributed by atoms with E-state index in [1.54, 1.807) is 0 Å². The number of aromatic nitrogens is 2. The van der Waals surface area contributed by atoms with Crippen LogP contribution in [0.5, 0.6) is 0 Å². The number of carbonyl (C=O) groups excluding carboxylic acids is 1. The van der Waals surface area contributed by atoms with Crippen molar-refractivity contribution >= 4 is 23.3 Å². The summed E-state index contributed by atoms with van der Waals surface area (Å²) in [4.78, 5) is 26.5. The Bertz CT molecular complexity index is 943. The van der Waals surface area contributed by atoms with Gasteiger partial charge < -0.3 is 14.5 Å². The molecule has 1 aromatic heterocycles. The lowest BCUT2D eigenvalue weighted by Crippen LogP contribution is -2.50. The quantitative estimate of drug-likeness (QED) is 0.702. The van der Waals surface area contributed by atoms with Crippen molar-refractivity contribution in [3.05, 3.63) is 52.4 Å². The number of amides is 1. The van der Waals surface area contributed by atoms with Gasteiger partial charge >= 0.3 is 0 Å². The first kappa shape index (κ1) is 18.8. The summed E-state index contributed by atoms with van der Waals surface area (Å²) in [5.74, 6) is 1.68. The highest BCUT2D eigenvalue weighted by Crippen LogP contribution is 2.47. The van der Waals surface area contributed by atoms with E-state index in [1.807, 2.05) is 36.9 Å². The summed E-state index contributed by atoms with van der Waals surface area (Å²) in [6.07, 6.45) is 3.09. The molecular formula is C22H25ClN4O2. The summed E-state index contributed by atoms with van der Waals surface area (Å²) in [5, 5.41) is 0.493. The number of halogens is 1. The molecule has 1 amide bonds. The van der Waals surface area contributed by atoms with Gasteiger partial charge in [-0.1, -0.05) is 41.9 Å². The van der Waals surface area contributed by atoms with Gasteiger partial charge in [-0.25, -0.2) is 9.97 Å². The summed E-state index contributed by atoms with van der Waals surface area (Å²) < 4.78 is 6.43. The Morgan fingerprint density at radius 1 is 1.10 bits per heavy atom. The van der Waals surface area contributed by atoms with Crippen LogP contribution in [0.25, 0.3) is 0 Å². The number of nitrogens with zero attached hydrogens (tertiary/aromatic N) is 4. The zero-order valence-electron chi connectivity index (χ0n) is 16.8. The van der Waals surface area contributed by atoms with Crippen molar-refractivity contribution in [3.8, 4) is 0 Å². The van der Waals surface area contributed by atoms with Gasteiger partial charge in [-0.3, -0.25) is 4.79 Å². The monoisotopic (exact) mass is 412 g/mol. The van der Waals surface area contributed by atoms with E-state index >= 15 is 0 Å². The largest absolute Gasteiger partial charge is 0.356 e. The van der Waals surface area contributed by atoms with Gasteiger partial charge in [-0.2, -0.15) is 0 Å². The molecule has 5 rings (SSSR count). The molecule has 0 N–H and O–H groups in total. The fraction of sp³-hybridized carbons (Fsp3) is 0.500. The first-order valence-corrected chi connectivity index (χ1v) is 10.7. The second kappa shape index (κ2) is 6.96. The lowest BCUT2D eigenvalue weighted by molar-refractivity contribution is -0.140. The smallest absolute Gasteiger partial charge is 0.257 e. The van der Waals surface area contributed by atoms with Crippen molar-refractivity contribution in [2.45, 2.75) is 57.4 Å². The zero-order valence-corrected chi connectivity index (χ0v) is 17.5. The van der Waals surface area contributed by atoms with E-state index in [0.717, 1.165) is 37.3 Å². The Balaban J connectivity index is 1.35. The number of anilines is 1. The summed E-state index contributed by atoms with van der Waals surface area (Å²) in [6.45, 7) is 5.23. The maximum atomic E-state index is 13.5. The molecule has 7 heteroatoms. The molecular weight excluding hydrogens is 388 g/mol. The number of ether oxygens (including phenoxy) is 1. The number of rotatable bonds is 2. The average molecular weight is 413 g/mol. The highest BCUT2D eigenvalue weighted by Gasteiger charge is 2.58. The van der Waals surface area contributed by atoms with Gasteiger partial charge in [0.05, 0.1) is 6.04 Å². The Kier molecular flexibility index (Phi) is 4.51. The molecule has 3 fully saturated rings. The molecule has 2 atom stereocenters. The van der Waals surface area contributed by atoms with Gasteiger partial charge in [-0.15, -0.1) is 0 Å². The van der Waals surface area contributed by atoms with Crippen LogP contribution in [-0.4, -0.2) is 45.7 Å². The minimum absolute atomic E-state index is 0.100. The molecule has 3 aliphatic rings. The Morgan fingerprint density at radius 3 is 2.55 bits per heavy atom. The van der Waals surface area contributed by atoms with Gasteiger partial charge in [0.1, 0.15) is 23.0 Å². The predicted molar refractivity (Wildman–Crippen MR) is 111 cm³/mol. The summed E-state index contributed by atoms with van der Waals surface area (Å²) >= 11 is 6.26. The first-order valence-electron chi connectivity index (χ1n) is 10.3. The number of aryl methyl sites for hydroxylation is 1. The lowest BCUT2D eigenvalue weighted by atomic mass is 9.89. The van der Waals surface area contributed by atoms with Gasteiger partial charge in [-0.05, 0) is 32.3 Å². The van der Waals surface area contributed by atoms with E-state index in [-0.39, 0.29) is 18.2 Å². The summed E-state index contributed by atoms with van der Waals surface area (Å²) in [6, 6.07) is 10.4. The van der Waals surface area contributed by atoms with Crippen LogP contribution >= 0.6 is 11.6 Å². The number of benzene rings is 1. The zero-order chi connectivity index (χ0) is 20.2. The molecule has 1 aromatic carbocycles. The third kappa shape index (κ3) is 3.01. The Labute approximate surface area is 175 Å². The summed E-state index contributed by atoms with van der Waals surface area (Å²) in [5.41, 5.74) is 1.38. The van der Waals surface area contributed by atoms with Gasteiger partial charge in [0.2, 0.25) is 0 Å². The molecule has 3 aliphatic heterocycles. The van der Waals surface area contributed by atoms with Crippen LogP contribution < -0.4 is 4.90 Å². The molecule has 0 radical (unpaired) electrons. The van der Waals surface area contributed by atoms with E-state index in [4.69, 9.17) is 16.3 Å². The van der Waals surface area contributed by atoms with Crippen molar-refractivity contribution in [2.24, 2.45) is 0 Å². The second-order valence-electron chi connectivity index (χ2n) is 8.28. The van der Waals surface area contributed by atoms with Crippen molar-refractivity contribution in [3.63, 3.8) is 0 Å². The molecule has 2 aromatic rings. The van der Waals surface area contributed by atoms with Crippen molar-refractivity contribution in [1.82, 2.24) is 14.9 Å². The SMILES string of the molecule is Cc1nc(Cl)c(C)c(N2CCC3(CC2)OC2CCC(c4ccccc4)N2C3=O)n1. The Morgan fingerprint density at radius 2 is 1.83 bits per heavy atom. The van der Waals surface area contributed by atoms with E-state index < -0.39 is 5.60 Å². The first-order chi connectivity index (χ1) is 14.0. The Hall–Kier alpha value is -2.18. The van der Waals surface area contributed by atoms with Crippen LogP contribution in [0.15, 0.2) is 30.3 Å². The lowest BCUT2D eigenvalue weighted by Gasteiger charge is -2.38. The van der Waals surface area contributed by atoms with Gasteiger partial charge in [0.15, 0.2) is 5.60 Å². The van der Waals surface area contributed by atoms with E-state index in [2.05, 4.69) is 27.0 Å². The predicted octanol–water partition coefficient (Wildman–Crippen LogP) is 3.81. The average Bonchev–Trinajstić information content (AvgIpc) is 3.25. The van der Waals surface area contributed by atoms with E-state index in [0.29, 0.717) is 23.8 Å². The number of hydrogen-bond acceptors (Lipinski definition) is 5. The standard InChI is InChI=1S/C22H25ClN4O2/c1-14-19(23)24-15(2)25-20(14)26-12-10-22(11-13-26)21(28)27-17(8-9-18(27)29-22)16-6-4-3-5-7-16/h3-7,17-18H,8-13H2,1-2H3. The minimum atomic E-state index is -0.700. The molecule has 4 heterocycles. The van der Waals surface area contributed by atoms with Crippen molar-refractivity contribution in [1.29, 1.82) is 0 Å². The van der Waals surface area contributed by atoms with Crippen molar-refractivity contribution in [2.75, 3.05) is 18.0 Å². The van der Waals surface area contributed by atoms with Crippen LogP contribution in [0, 0.1) is 13.8 Å². The van der Waals surface area contributed by atoms with Crippen LogP contribution in [0.4, 0.5) is 5.82 Å². The molecule has 2 unspecified atom stereocenters. The van der Waals surface area contributed by atoms with Gasteiger partial charge in [0.25, 0.3) is 5.91 Å². The molecule has 152 valence electrons. The van der Waals surface area contributed by atoms with Gasteiger partial charge in [0, 0.05) is 31.5 Å². The normalized spacial score (nSPS) is 25.7. The van der Waals surface area contributed by atoms with E-state index in [9.17, 15) is 4.79 Å². The number of fused-ring (bicyclic) bond motifs is 1. The number of carbonyl (C=O) groups is 1. The minimum Gasteiger partial charge on any atom is -0.356 e. The second-order valence-corrected chi connectivity index (χ2v) is 8.64. The molecule has 0 saturated carbocycles. The van der Waals surface area contributed by atoms with Crippen LogP contribution in [0.1, 0.15) is 48.7 Å². The highest BCUT2D eigenvalue weighted by molar-refractivity contribution is 6.30. The number of hydrogen-bond donors (Lipinski definition) is 0. The maximum Gasteiger partial charge on any atom is 0.257 e. The fourth-order valence-electron chi connectivity index (χ4n) is 5.02. The number of piperidine rings is 1. The van der Waals surface area contributed by atoms with Crippen LogP contribution in [0.3, 0.4) is 0 Å². The molecule has 3 saturated heterocycles.